The van der Waals surface area contributed by atoms with Gasteiger partial charge in [0.15, 0.2) is 0 Å². The molecule has 0 unspecified atom stereocenters. The first-order valence-electron chi connectivity index (χ1n) is 5.65. The highest BCUT2D eigenvalue weighted by Crippen LogP contribution is 2.32. The van der Waals surface area contributed by atoms with Crippen molar-refractivity contribution in [3.8, 4) is 11.6 Å². The molecule has 19 heavy (non-hydrogen) atoms. The van der Waals surface area contributed by atoms with Crippen LogP contribution in [0.25, 0.3) is 10.2 Å². The number of thiophene rings is 1. The molecule has 0 saturated carbocycles. The molecule has 0 amide bonds. The van der Waals surface area contributed by atoms with Crippen LogP contribution in [0.4, 0.5) is 5.95 Å². The van der Waals surface area contributed by atoms with Gasteiger partial charge >= 0.3 is 0 Å². The summed E-state index contributed by atoms with van der Waals surface area (Å²) in [6.07, 6.45) is 0. The van der Waals surface area contributed by atoms with Crippen molar-refractivity contribution in [3.05, 3.63) is 41.3 Å². The number of aromatic nitrogens is 2. The third-order valence-corrected chi connectivity index (χ3v) is 3.46. The fourth-order valence-electron chi connectivity index (χ4n) is 1.76. The minimum absolute atomic E-state index is 0.0937. The summed E-state index contributed by atoms with van der Waals surface area (Å²) >= 11 is 1.48. The molecule has 1 aromatic carbocycles. The van der Waals surface area contributed by atoms with Crippen molar-refractivity contribution >= 4 is 27.5 Å². The van der Waals surface area contributed by atoms with E-state index in [1.54, 1.807) is 12.1 Å². The van der Waals surface area contributed by atoms with E-state index in [0.717, 1.165) is 10.2 Å². The van der Waals surface area contributed by atoms with Gasteiger partial charge in [0.05, 0.1) is 12.0 Å². The van der Waals surface area contributed by atoms with Gasteiger partial charge in [-0.15, -0.1) is 11.3 Å². The number of aliphatic hydroxyl groups is 1. The molecule has 0 aliphatic heterocycles. The normalized spacial score (nSPS) is 10.8. The lowest BCUT2D eigenvalue weighted by Gasteiger charge is -2.09. The Labute approximate surface area is 113 Å². The Morgan fingerprint density at radius 1 is 1.21 bits per heavy atom. The van der Waals surface area contributed by atoms with Crippen LogP contribution in [0.5, 0.6) is 11.6 Å². The van der Waals surface area contributed by atoms with Gasteiger partial charge in [0.25, 0.3) is 0 Å². The van der Waals surface area contributed by atoms with Gasteiger partial charge in [-0.25, -0.2) is 4.98 Å². The molecule has 96 valence electrons. The predicted molar refractivity (Wildman–Crippen MR) is 74.3 cm³/mol. The molecule has 3 aromatic rings. The van der Waals surface area contributed by atoms with Gasteiger partial charge in [-0.3, -0.25) is 0 Å². The fourth-order valence-corrected chi connectivity index (χ4v) is 2.52. The van der Waals surface area contributed by atoms with Crippen molar-refractivity contribution in [3.63, 3.8) is 0 Å². The number of para-hydroxylation sites is 1. The van der Waals surface area contributed by atoms with Crippen molar-refractivity contribution in [2.45, 2.75) is 6.61 Å². The van der Waals surface area contributed by atoms with Crippen molar-refractivity contribution in [2.24, 2.45) is 0 Å². The quantitative estimate of drug-likeness (QED) is 0.766. The molecule has 3 rings (SSSR count). The number of hydrogen-bond acceptors (Lipinski definition) is 6. The highest BCUT2D eigenvalue weighted by Gasteiger charge is 2.11. The number of nitrogens with two attached hydrogens (primary N) is 1. The van der Waals surface area contributed by atoms with Gasteiger partial charge in [0.2, 0.25) is 11.8 Å². The monoisotopic (exact) mass is 273 g/mol. The van der Waals surface area contributed by atoms with Crippen LogP contribution >= 0.6 is 11.3 Å². The first kappa shape index (κ1) is 11.9. The maximum absolute atomic E-state index is 9.29. The molecule has 0 spiro atoms. The number of ether oxygens (including phenoxy) is 1. The molecule has 6 heteroatoms. The summed E-state index contributed by atoms with van der Waals surface area (Å²) in [5, 5.41) is 12.0. The Kier molecular flexibility index (Phi) is 3.02. The molecule has 0 fully saturated rings. The van der Waals surface area contributed by atoms with Crippen LogP contribution in [0.3, 0.4) is 0 Å². The number of hydrogen-bond donors (Lipinski definition) is 2. The summed E-state index contributed by atoms with van der Waals surface area (Å²) in [6, 6.07) is 9.14. The molecule has 3 N–H and O–H groups in total. The summed E-state index contributed by atoms with van der Waals surface area (Å²) in [7, 11) is 0. The molecule has 0 saturated heterocycles. The first-order chi connectivity index (χ1) is 9.28. The van der Waals surface area contributed by atoms with Crippen molar-refractivity contribution in [1.29, 1.82) is 0 Å². The summed E-state index contributed by atoms with van der Waals surface area (Å²) in [5.41, 5.74) is 6.36. The van der Waals surface area contributed by atoms with E-state index in [2.05, 4.69) is 9.97 Å². The number of nitrogen functional groups attached to an aromatic ring is 1. The Hall–Kier alpha value is -2.18. The number of rotatable bonds is 3. The number of benzene rings is 1. The average molecular weight is 273 g/mol. The zero-order valence-electron chi connectivity index (χ0n) is 9.91. The lowest BCUT2D eigenvalue weighted by atomic mass is 10.2. The van der Waals surface area contributed by atoms with E-state index in [1.807, 2.05) is 23.6 Å². The van der Waals surface area contributed by atoms with E-state index in [0.29, 0.717) is 17.2 Å². The number of anilines is 1. The Morgan fingerprint density at radius 2 is 2.05 bits per heavy atom. The number of aliphatic hydroxyl groups excluding tert-OH is 1. The van der Waals surface area contributed by atoms with Gasteiger partial charge in [-0.05, 0) is 17.5 Å². The van der Waals surface area contributed by atoms with E-state index in [1.165, 1.54) is 11.3 Å². The lowest BCUT2D eigenvalue weighted by Crippen LogP contribution is -1.98. The van der Waals surface area contributed by atoms with Crippen LogP contribution in [0.15, 0.2) is 35.7 Å². The zero-order valence-corrected chi connectivity index (χ0v) is 10.7. The smallest absolute Gasteiger partial charge is 0.232 e. The second-order valence-electron chi connectivity index (χ2n) is 3.89. The largest absolute Gasteiger partial charge is 0.438 e. The van der Waals surface area contributed by atoms with Crippen molar-refractivity contribution in [2.75, 3.05) is 5.73 Å². The molecule has 0 atom stereocenters. The van der Waals surface area contributed by atoms with Crippen molar-refractivity contribution < 1.29 is 9.84 Å². The SMILES string of the molecule is Nc1nc(Oc2ccccc2CO)c2ccsc2n1. The lowest BCUT2D eigenvalue weighted by molar-refractivity contribution is 0.276. The van der Waals surface area contributed by atoms with Gasteiger partial charge in [0.1, 0.15) is 10.6 Å². The fraction of sp³-hybridized carbons (Fsp3) is 0.0769. The minimum Gasteiger partial charge on any atom is -0.438 e. The van der Waals surface area contributed by atoms with Gasteiger partial charge in [-0.1, -0.05) is 18.2 Å². The molecule has 0 aliphatic carbocycles. The minimum atomic E-state index is -0.0937. The van der Waals surface area contributed by atoms with Crippen LogP contribution in [0.2, 0.25) is 0 Å². The maximum atomic E-state index is 9.29. The topological polar surface area (TPSA) is 81.3 Å². The second kappa shape index (κ2) is 4.83. The van der Waals surface area contributed by atoms with Gasteiger partial charge in [-0.2, -0.15) is 4.98 Å². The van der Waals surface area contributed by atoms with Crippen LogP contribution in [-0.2, 0) is 6.61 Å². The maximum Gasteiger partial charge on any atom is 0.232 e. The van der Waals surface area contributed by atoms with Crippen LogP contribution in [0, 0.1) is 0 Å². The molecule has 5 nitrogen and oxygen atoms in total. The van der Waals surface area contributed by atoms with Crippen LogP contribution < -0.4 is 10.5 Å². The average Bonchev–Trinajstić information content (AvgIpc) is 2.87. The molecule has 0 bridgehead atoms. The molecular weight excluding hydrogens is 262 g/mol. The Bertz CT molecular complexity index is 727. The molecule has 0 aliphatic rings. The van der Waals surface area contributed by atoms with Crippen LogP contribution in [-0.4, -0.2) is 15.1 Å². The summed E-state index contributed by atoms with van der Waals surface area (Å²) < 4.78 is 5.77. The highest BCUT2D eigenvalue weighted by atomic mass is 32.1. The van der Waals surface area contributed by atoms with E-state index >= 15 is 0 Å². The molecule has 2 heterocycles. The van der Waals surface area contributed by atoms with E-state index in [-0.39, 0.29) is 12.6 Å². The van der Waals surface area contributed by atoms with Crippen molar-refractivity contribution in [1.82, 2.24) is 9.97 Å². The zero-order chi connectivity index (χ0) is 13.2. The first-order valence-corrected chi connectivity index (χ1v) is 6.53. The Balaban J connectivity index is 2.07. The number of fused-ring (bicyclic) bond motifs is 1. The summed E-state index contributed by atoms with van der Waals surface area (Å²) in [6.45, 7) is -0.0937. The third kappa shape index (κ3) is 2.23. The summed E-state index contributed by atoms with van der Waals surface area (Å²) in [4.78, 5) is 9.03. The van der Waals surface area contributed by atoms with E-state index < -0.39 is 0 Å². The van der Waals surface area contributed by atoms with E-state index in [9.17, 15) is 5.11 Å². The molecular formula is C13H11N3O2S. The molecule has 0 radical (unpaired) electrons. The van der Waals surface area contributed by atoms with Gasteiger partial charge in [0, 0.05) is 5.56 Å². The highest BCUT2D eigenvalue weighted by molar-refractivity contribution is 7.16. The predicted octanol–water partition coefficient (Wildman–Crippen LogP) is 2.56. The second-order valence-corrected chi connectivity index (χ2v) is 4.79. The van der Waals surface area contributed by atoms with E-state index in [4.69, 9.17) is 10.5 Å². The Morgan fingerprint density at radius 3 is 2.89 bits per heavy atom. The van der Waals surface area contributed by atoms with Gasteiger partial charge < -0.3 is 15.6 Å². The third-order valence-electron chi connectivity index (χ3n) is 2.66. The number of nitrogens with zero attached hydrogens (tertiary/aromatic N) is 2. The molecule has 2 aromatic heterocycles. The standard InChI is InChI=1S/C13H11N3O2S/c14-13-15-11(9-5-6-19-12(9)16-13)18-10-4-2-1-3-8(10)7-17/h1-6,17H,7H2,(H2,14,15,16). The summed E-state index contributed by atoms with van der Waals surface area (Å²) in [5.74, 6) is 1.15. The van der Waals surface area contributed by atoms with Crippen LogP contribution in [0.1, 0.15) is 5.56 Å².